The molecule has 1 amide bonds. The van der Waals surface area contributed by atoms with Crippen LogP contribution in [-0.2, 0) is 11.3 Å². The van der Waals surface area contributed by atoms with Gasteiger partial charge in [-0.15, -0.1) is 0 Å². The first-order valence-electron chi connectivity index (χ1n) is 12.9. The molecule has 0 unspecified atom stereocenters. The molecule has 7 nitrogen and oxygen atoms in total. The fourth-order valence-electron chi connectivity index (χ4n) is 4.60. The van der Waals surface area contributed by atoms with Crippen molar-refractivity contribution in [1.29, 1.82) is 0 Å². The standard InChI is InChI=1S/C31H35N3O4/c1-5-38-31(37)22-14-15-28-27(18-22)23(20-34(28)24-10-7-6-8-11-24)19-33(4)17-16-32-30(36)26-13-9-12-25(21(2)3)29(26)35/h6-15,18,20-21,35H,5,16-17,19H2,1-4H3,(H,32,36). The fraction of sp³-hybridized carbons (Fsp3) is 0.290. The lowest BCUT2D eigenvalue weighted by molar-refractivity contribution is 0.0526. The van der Waals surface area contributed by atoms with Crippen molar-refractivity contribution in [3.63, 3.8) is 0 Å². The number of likely N-dealkylation sites (N-methyl/N-ethyl adjacent to an activating group) is 1. The summed E-state index contributed by atoms with van der Waals surface area (Å²) in [6, 6.07) is 21.0. The average molecular weight is 514 g/mol. The molecule has 3 aromatic carbocycles. The van der Waals surface area contributed by atoms with Gasteiger partial charge in [-0.05, 0) is 67.4 Å². The van der Waals surface area contributed by atoms with Gasteiger partial charge in [-0.3, -0.25) is 4.79 Å². The second kappa shape index (κ2) is 12.0. The predicted octanol–water partition coefficient (Wildman–Crippen LogP) is 5.50. The number of amides is 1. The van der Waals surface area contributed by atoms with Crippen LogP contribution in [0, 0.1) is 0 Å². The highest BCUT2D eigenvalue weighted by Gasteiger charge is 2.17. The summed E-state index contributed by atoms with van der Waals surface area (Å²) in [6.45, 7) is 7.73. The maximum Gasteiger partial charge on any atom is 0.338 e. The van der Waals surface area contributed by atoms with Crippen molar-refractivity contribution in [2.75, 3.05) is 26.7 Å². The highest BCUT2D eigenvalue weighted by molar-refractivity contribution is 5.97. The van der Waals surface area contributed by atoms with Gasteiger partial charge in [0.2, 0.25) is 0 Å². The number of aromatic hydroxyl groups is 1. The highest BCUT2D eigenvalue weighted by Crippen LogP contribution is 2.29. The molecule has 0 aliphatic rings. The van der Waals surface area contributed by atoms with E-state index in [1.807, 2.05) is 69.4 Å². The summed E-state index contributed by atoms with van der Waals surface area (Å²) in [5.41, 5.74) is 4.66. The minimum Gasteiger partial charge on any atom is -0.507 e. The van der Waals surface area contributed by atoms with Crippen LogP contribution in [0.4, 0.5) is 0 Å². The number of hydrogen-bond donors (Lipinski definition) is 2. The molecule has 198 valence electrons. The minimum absolute atomic E-state index is 0.0412. The van der Waals surface area contributed by atoms with E-state index in [0.29, 0.717) is 31.8 Å². The Morgan fingerprint density at radius 1 is 1.05 bits per heavy atom. The number of esters is 1. The van der Waals surface area contributed by atoms with Crippen LogP contribution in [0.3, 0.4) is 0 Å². The number of carbonyl (C=O) groups is 2. The van der Waals surface area contributed by atoms with Crippen LogP contribution in [0.5, 0.6) is 5.75 Å². The zero-order valence-corrected chi connectivity index (χ0v) is 22.4. The Hall–Kier alpha value is -4.10. The number of carbonyl (C=O) groups excluding carboxylic acids is 2. The lowest BCUT2D eigenvalue weighted by Gasteiger charge is -2.17. The highest BCUT2D eigenvalue weighted by atomic mass is 16.5. The first-order chi connectivity index (χ1) is 18.3. The molecule has 0 spiro atoms. The van der Waals surface area contributed by atoms with Gasteiger partial charge >= 0.3 is 5.97 Å². The molecule has 0 radical (unpaired) electrons. The van der Waals surface area contributed by atoms with E-state index < -0.39 is 0 Å². The van der Waals surface area contributed by atoms with Gasteiger partial charge in [-0.2, -0.15) is 0 Å². The SMILES string of the molecule is CCOC(=O)c1ccc2c(c1)c(CN(C)CCNC(=O)c1cccc(C(C)C)c1O)cn2-c1ccccc1. The number of ether oxygens (including phenoxy) is 1. The van der Waals surface area contributed by atoms with Crippen LogP contribution in [0.2, 0.25) is 0 Å². The molecule has 4 aromatic rings. The number of benzene rings is 3. The number of fused-ring (bicyclic) bond motifs is 1. The molecule has 0 saturated heterocycles. The molecule has 0 atom stereocenters. The topological polar surface area (TPSA) is 83.8 Å². The van der Waals surface area contributed by atoms with E-state index in [2.05, 4.69) is 21.0 Å². The smallest absolute Gasteiger partial charge is 0.338 e. The number of nitrogens with one attached hydrogen (secondary N) is 1. The number of hydrogen-bond acceptors (Lipinski definition) is 5. The summed E-state index contributed by atoms with van der Waals surface area (Å²) in [7, 11) is 1.99. The van der Waals surface area contributed by atoms with Crippen LogP contribution >= 0.6 is 0 Å². The number of aromatic nitrogens is 1. The lowest BCUT2D eigenvalue weighted by atomic mass is 9.99. The lowest BCUT2D eigenvalue weighted by Crippen LogP contribution is -2.32. The van der Waals surface area contributed by atoms with E-state index in [1.54, 1.807) is 25.1 Å². The second-order valence-corrected chi connectivity index (χ2v) is 9.70. The molecule has 0 bridgehead atoms. The Balaban J connectivity index is 1.50. The number of nitrogens with zero attached hydrogens (tertiary/aromatic N) is 2. The van der Waals surface area contributed by atoms with Gasteiger partial charge in [-0.1, -0.05) is 44.2 Å². The molecule has 0 aliphatic heterocycles. The first-order valence-corrected chi connectivity index (χ1v) is 12.9. The quantitative estimate of drug-likeness (QED) is 0.274. The van der Waals surface area contributed by atoms with E-state index in [1.165, 1.54) is 0 Å². The number of phenols is 1. The van der Waals surface area contributed by atoms with Crippen molar-refractivity contribution in [2.45, 2.75) is 33.2 Å². The van der Waals surface area contributed by atoms with Crippen molar-refractivity contribution in [1.82, 2.24) is 14.8 Å². The Bertz CT molecular complexity index is 1430. The Morgan fingerprint density at radius 3 is 2.53 bits per heavy atom. The van der Waals surface area contributed by atoms with Crippen LogP contribution in [0.1, 0.15) is 58.5 Å². The molecule has 1 aromatic heterocycles. The van der Waals surface area contributed by atoms with Crippen molar-refractivity contribution in [3.8, 4) is 11.4 Å². The fourth-order valence-corrected chi connectivity index (χ4v) is 4.60. The molecular formula is C31H35N3O4. The zero-order chi connectivity index (χ0) is 27.2. The van der Waals surface area contributed by atoms with E-state index in [-0.39, 0.29) is 29.1 Å². The van der Waals surface area contributed by atoms with Crippen LogP contribution in [0.15, 0.2) is 72.9 Å². The molecule has 1 heterocycles. The van der Waals surface area contributed by atoms with E-state index >= 15 is 0 Å². The average Bonchev–Trinajstić information content (AvgIpc) is 3.26. The molecule has 0 saturated carbocycles. The van der Waals surface area contributed by atoms with Gasteiger partial charge < -0.3 is 24.6 Å². The van der Waals surface area contributed by atoms with E-state index in [0.717, 1.165) is 27.7 Å². The number of phenolic OH excluding ortho intramolecular Hbond substituents is 1. The van der Waals surface area contributed by atoms with Crippen molar-refractivity contribution >= 4 is 22.8 Å². The molecule has 7 heteroatoms. The van der Waals surface area contributed by atoms with Gasteiger partial charge in [0.25, 0.3) is 5.91 Å². The third-order valence-corrected chi connectivity index (χ3v) is 6.59. The molecule has 4 rings (SSSR count). The van der Waals surface area contributed by atoms with Gasteiger partial charge in [0.05, 0.1) is 23.3 Å². The maximum atomic E-state index is 12.7. The van der Waals surface area contributed by atoms with E-state index in [4.69, 9.17) is 4.74 Å². The Labute approximate surface area is 223 Å². The predicted molar refractivity (Wildman–Crippen MR) is 150 cm³/mol. The van der Waals surface area contributed by atoms with Gasteiger partial charge in [-0.25, -0.2) is 4.79 Å². The van der Waals surface area contributed by atoms with Crippen molar-refractivity contribution in [2.24, 2.45) is 0 Å². The minimum atomic E-state index is -0.339. The molecule has 0 aliphatic carbocycles. The molecule has 2 N–H and O–H groups in total. The van der Waals surface area contributed by atoms with Crippen molar-refractivity contribution in [3.05, 3.63) is 95.2 Å². The summed E-state index contributed by atoms with van der Waals surface area (Å²) in [4.78, 5) is 27.3. The number of rotatable bonds is 10. The van der Waals surface area contributed by atoms with Crippen LogP contribution in [-0.4, -0.2) is 53.2 Å². The van der Waals surface area contributed by atoms with Crippen molar-refractivity contribution < 1.29 is 19.4 Å². The molecular weight excluding hydrogens is 478 g/mol. The maximum absolute atomic E-state index is 12.7. The van der Waals surface area contributed by atoms with Gasteiger partial charge in [0.1, 0.15) is 5.75 Å². The molecule has 38 heavy (non-hydrogen) atoms. The summed E-state index contributed by atoms with van der Waals surface area (Å²) >= 11 is 0. The largest absolute Gasteiger partial charge is 0.507 e. The van der Waals surface area contributed by atoms with E-state index in [9.17, 15) is 14.7 Å². The summed E-state index contributed by atoms with van der Waals surface area (Å²) in [6.07, 6.45) is 2.10. The number of para-hydroxylation sites is 2. The van der Waals surface area contributed by atoms with Crippen LogP contribution in [0.25, 0.3) is 16.6 Å². The monoisotopic (exact) mass is 513 g/mol. The summed E-state index contributed by atoms with van der Waals surface area (Å²) < 4.78 is 7.34. The third-order valence-electron chi connectivity index (χ3n) is 6.59. The van der Waals surface area contributed by atoms with Gasteiger partial charge in [0.15, 0.2) is 0 Å². The second-order valence-electron chi connectivity index (χ2n) is 9.70. The Kier molecular flexibility index (Phi) is 8.48. The normalized spacial score (nSPS) is 11.3. The zero-order valence-electron chi connectivity index (χ0n) is 22.4. The Morgan fingerprint density at radius 2 is 1.82 bits per heavy atom. The molecule has 0 fully saturated rings. The summed E-state index contributed by atoms with van der Waals surface area (Å²) in [5.74, 6) is -0.470. The summed E-state index contributed by atoms with van der Waals surface area (Å²) in [5, 5.41) is 14.4. The van der Waals surface area contributed by atoms with Crippen LogP contribution < -0.4 is 5.32 Å². The van der Waals surface area contributed by atoms with Gasteiger partial charge in [0, 0.05) is 36.9 Å². The first kappa shape index (κ1) is 26.9. The third kappa shape index (κ3) is 5.89.